The van der Waals surface area contributed by atoms with E-state index in [1.807, 2.05) is 30.3 Å². The standard InChI is InChI=1S/C20H25NO2S/c1-2-17-11-13-20(14-12-17)24(22,23)21-15-7-6-10-19(16-21)18-8-4-3-5-9-18/h3-5,8-9,11-14,19H,2,6-7,10,15-16H2,1H3. The van der Waals surface area contributed by atoms with E-state index in [9.17, 15) is 8.42 Å². The molecule has 2 aromatic rings. The molecule has 1 aliphatic heterocycles. The molecule has 0 spiro atoms. The maximum absolute atomic E-state index is 13.0. The SMILES string of the molecule is CCc1ccc(S(=O)(=O)N2CCCCC(c3ccccc3)C2)cc1. The van der Waals surface area contributed by atoms with Crippen LogP contribution in [-0.2, 0) is 16.4 Å². The fourth-order valence-corrected chi connectivity index (χ4v) is 4.89. The van der Waals surface area contributed by atoms with Crippen molar-refractivity contribution in [3.05, 3.63) is 65.7 Å². The van der Waals surface area contributed by atoms with Gasteiger partial charge in [-0.2, -0.15) is 4.31 Å². The second-order valence-corrected chi connectivity index (χ2v) is 8.40. The molecule has 0 saturated carbocycles. The Morgan fingerprint density at radius 1 is 1.00 bits per heavy atom. The second kappa shape index (κ2) is 7.49. The van der Waals surface area contributed by atoms with E-state index in [1.165, 1.54) is 5.56 Å². The predicted octanol–water partition coefficient (Wildman–Crippen LogP) is 4.21. The molecule has 128 valence electrons. The largest absolute Gasteiger partial charge is 0.243 e. The molecule has 3 nitrogen and oxygen atoms in total. The van der Waals surface area contributed by atoms with Gasteiger partial charge in [0.05, 0.1) is 4.90 Å². The zero-order valence-electron chi connectivity index (χ0n) is 14.2. The first-order valence-corrected chi connectivity index (χ1v) is 10.2. The van der Waals surface area contributed by atoms with Gasteiger partial charge in [-0.3, -0.25) is 0 Å². The first-order valence-electron chi connectivity index (χ1n) is 8.75. The van der Waals surface area contributed by atoms with Crippen LogP contribution in [0.2, 0.25) is 0 Å². The van der Waals surface area contributed by atoms with Crippen molar-refractivity contribution in [3.8, 4) is 0 Å². The quantitative estimate of drug-likeness (QED) is 0.834. The third kappa shape index (κ3) is 3.70. The van der Waals surface area contributed by atoms with E-state index in [2.05, 4.69) is 19.1 Å². The first-order chi connectivity index (χ1) is 11.6. The maximum Gasteiger partial charge on any atom is 0.243 e. The van der Waals surface area contributed by atoms with E-state index in [0.29, 0.717) is 18.0 Å². The van der Waals surface area contributed by atoms with Gasteiger partial charge in [0, 0.05) is 13.1 Å². The molecule has 0 radical (unpaired) electrons. The molecule has 1 aliphatic rings. The Labute approximate surface area is 145 Å². The summed E-state index contributed by atoms with van der Waals surface area (Å²) in [6, 6.07) is 17.6. The number of hydrogen-bond acceptors (Lipinski definition) is 2. The van der Waals surface area contributed by atoms with Gasteiger partial charge in [0.15, 0.2) is 0 Å². The van der Waals surface area contributed by atoms with Crippen LogP contribution in [0.4, 0.5) is 0 Å². The maximum atomic E-state index is 13.0. The number of benzene rings is 2. The molecule has 0 bridgehead atoms. The Bertz CT molecular complexity index is 754. The van der Waals surface area contributed by atoms with Crippen molar-refractivity contribution < 1.29 is 8.42 Å². The van der Waals surface area contributed by atoms with Crippen LogP contribution in [0.25, 0.3) is 0 Å². The van der Waals surface area contributed by atoms with Crippen LogP contribution in [0.15, 0.2) is 59.5 Å². The van der Waals surface area contributed by atoms with Crippen molar-refractivity contribution in [2.75, 3.05) is 13.1 Å². The van der Waals surface area contributed by atoms with E-state index < -0.39 is 10.0 Å². The van der Waals surface area contributed by atoms with Gasteiger partial charge in [-0.05, 0) is 48.4 Å². The molecule has 1 saturated heterocycles. The summed E-state index contributed by atoms with van der Waals surface area (Å²) in [6.45, 7) is 3.26. The van der Waals surface area contributed by atoms with Crippen LogP contribution in [0.3, 0.4) is 0 Å². The van der Waals surface area contributed by atoms with E-state index in [4.69, 9.17) is 0 Å². The molecule has 0 aromatic heterocycles. The van der Waals surface area contributed by atoms with E-state index >= 15 is 0 Å². The van der Waals surface area contributed by atoms with Gasteiger partial charge in [0.25, 0.3) is 0 Å². The molecule has 24 heavy (non-hydrogen) atoms. The van der Waals surface area contributed by atoms with Gasteiger partial charge in [0.2, 0.25) is 10.0 Å². The number of rotatable bonds is 4. The number of aryl methyl sites for hydroxylation is 1. The topological polar surface area (TPSA) is 37.4 Å². The zero-order valence-corrected chi connectivity index (χ0v) is 15.0. The molecule has 1 unspecified atom stereocenters. The Kier molecular flexibility index (Phi) is 5.36. The van der Waals surface area contributed by atoms with Crippen molar-refractivity contribution in [1.29, 1.82) is 0 Å². The third-order valence-corrected chi connectivity index (χ3v) is 6.75. The van der Waals surface area contributed by atoms with Gasteiger partial charge in [-0.1, -0.05) is 55.8 Å². The highest BCUT2D eigenvalue weighted by molar-refractivity contribution is 7.89. The molecule has 0 N–H and O–H groups in total. The monoisotopic (exact) mass is 343 g/mol. The minimum Gasteiger partial charge on any atom is -0.207 e. The Morgan fingerprint density at radius 2 is 1.71 bits per heavy atom. The van der Waals surface area contributed by atoms with Crippen LogP contribution in [-0.4, -0.2) is 25.8 Å². The lowest BCUT2D eigenvalue weighted by atomic mass is 9.95. The van der Waals surface area contributed by atoms with Gasteiger partial charge in [0.1, 0.15) is 0 Å². The number of sulfonamides is 1. The lowest BCUT2D eigenvalue weighted by molar-refractivity contribution is 0.406. The molecular weight excluding hydrogens is 318 g/mol. The Hall–Kier alpha value is -1.65. The van der Waals surface area contributed by atoms with Crippen molar-refractivity contribution >= 4 is 10.0 Å². The highest BCUT2D eigenvalue weighted by atomic mass is 32.2. The van der Waals surface area contributed by atoms with Crippen LogP contribution in [0.1, 0.15) is 43.2 Å². The fraction of sp³-hybridized carbons (Fsp3) is 0.400. The lowest BCUT2D eigenvalue weighted by Gasteiger charge is -2.24. The van der Waals surface area contributed by atoms with Crippen LogP contribution in [0, 0.1) is 0 Å². The highest BCUT2D eigenvalue weighted by Crippen LogP contribution is 2.29. The van der Waals surface area contributed by atoms with Gasteiger partial charge in [-0.25, -0.2) is 8.42 Å². The molecule has 4 heteroatoms. The number of hydrogen-bond donors (Lipinski definition) is 0. The van der Waals surface area contributed by atoms with E-state index in [0.717, 1.165) is 31.2 Å². The van der Waals surface area contributed by atoms with Crippen molar-refractivity contribution in [3.63, 3.8) is 0 Å². The lowest BCUT2D eigenvalue weighted by Crippen LogP contribution is -2.34. The summed E-state index contributed by atoms with van der Waals surface area (Å²) in [6.07, 6.45) is 3.96. The number of nitrogens with zero attached hydrogens (tertiary/aromatic N) is 1. The molecule has 1 heterocycles. The van der Waals surface area contributed by atoms with Crippen LogP contribution >= 0.6 is 0 Å². The van der Waals surface area contributed by atoms with E-state index in [-0.39, 0.29) is 5.92 Å². The van der Waals surface area contributed by atoms with Gasteiger partial charge in [-0.15, -0.1) is 0 Å². The summed E-state index contributed by atoms with van der Waals surface area (Å²) < 4.78 is 27.8. The molecule has 0 aliphatic carbocycles. The first kappa shape index (κ1) is 17.2. The molecule has 3 rings (SSSR count). The summed E-state index contributed by atoms with van der Waals surface area (Å²) in [4.78, 5) is 0.411. The summed E-state index contributed by atoms with van der Waals surface area (Å²) in [5.74, 6) is 0.276. The van der Waals surface area contributed by atoms with E-state index in [1.54, 1.807) is 16.4 Å². The summed E-state index contributed by atoms with van der Waals surface area (Å²) in [5.41, 5.74) is 2.40. The second-order valence-electron chi connectivity index (χ2n) is 6.46. The summed E-state index contributed by atoms with van der Waals surface area (Å²) >= 11 is 0. The zero-order chi connectivity index (χ0) is 17.0. The normalized spacial score (nSPS) is 19.8. The minimum absolute atomic E-state index is 0.276. The van der Waals surface area contributed by atoms with Crippen LogP contribution < -0.4 is 0 Å². The van der Waals surface area contributed by atoms with Crippen molar-refractivity contribution in [1.82, 2.24) is 4.31 Å². The predicted molar refractivity (Wildman–Crippen MR) is 97.6 cm³/mol. The minimum atomic E-state index is -3.42. The fourth-order valence-electron chi connectivity index (χ4n) is 3.37. The average molecular weight is 343 g/mol. The van der Waals surface area contributed by atoms with Crippen molar-refractivity contribution in [2.45, 2.75) is 43.4 Å². The van der Waals surface area contributed by atoms with Crippen LogP contribution in [0.5, 0.6) is 0 Å². The molecule has 1 fully saturated rings. The van der Waals surface area contributed by atoms with Gasteiger partial charge >= 0.3 is 0 Å². The molecule has 2 aromatic carbocycles. The Balaban J connectivity index is 1.85. The van der Waals surface area contributed by atoms with Gasteiger partial charge < -0.3 is 0 Å². The third-order valence-electron chi connectivity index (χ3n) is 4.87. The summed E-state index contributed by atoms with van der Waals surface area (Å²) in [7, 11) is -3.42. The summed E-state index contributed by atoms with van der Waals surface area (Å²) in [5, 5.41) is 0. The molecular formula is C20H25NO2S. The van der Waals surface area contributed by atoms with Crippen molar-refractivity contribution in [2.24, 2.45) is 0 Å². The smallest absolute Gasteiger partial charge is 0.207 e. The Morgan fingerprint density at radius 3 is 2.38 bits per heavy atom. The highest BCUT2D eigenvalue weighted by Gasteiger charge is 2.29. The molecule has 1 atom stereocenters. The molecule has 0 amide bonds. The average Bonchev–Trinajstić information content (AvgIpc) is 2.89.